The standard InChI is InChI=1S/C22H29N3O4S/c1-3-24-30(27,28)19-10-7-18(8-11-19)9-13-22(26)23-16-20(25-14-4-5-15-25)21-12-6-17(2)29-21/h6-13,20,24H,3-5,14-16H2,1-2H3,(H,23,26). The summed E-state index contributed by atoms with van der Waals surface area (Å²) in [5.41, 5.74) is 0.748. The van der Waals surface area contributed by atoms with Crippen LogP contribution in [0.1, 0.15) is 42.9 Å². The summed E-state index contributed by atoms with van der Waals surface area (Å²) in [6.45, 7) is 6.45. The average Bonchev–Trinajstić information content (AvgIpc) is 3.39. The molecule has 0 radical (unpaired) electrons. The smallest absolute Gasteiger partial charge is 0.244 e. The Bertz CT molecular complexity index is 974. The van der Waals surface area contributed by atoms with E-state index < -0.39 is 10.0 Å². The van der Waals surface area contributed by atoms with Crippen LogP contribution >= 0.6 is 0 Å². The largest absolute Gasteiger partial charge is 0.465 e. The van der Waals surface area contributed by atoms with E-state index in [0.29, 0.717) is 13.1 Å². The lowest BCUT2D eigenvalue weighted by atomic mass is 10.2. The van der Waals surface area contributed by atoms with Gasteiger partial charge in [0.15, 0.2) is 0 Å². The minimum absolute atomic E-state index is 0.0223. The van der Waals surface area contributed by atoms with Crippen molar-refractivity contribution in [2.45, 2.75) is 37.6 Å². The van der Waals surface area contributed by atoms with Gasteiger partial charge in [-0.15, -0.1) is 0 Å². The molecule has 1 atom stereocenters. The normalized spacial score (nSPS) is 16.2. The number of aryl methyl sites for hydroxylation is 1. The van der Waals surface area contributed by atoms with Gasteiger partial charge in [0, 0.05) is 19.2 Å². The number of carbonyl (C=O) groups excluding carboxylic acids is 1. The lowest BCUT2D eigenvalue weighted by Crippen LogP contribution is -2.36. The molecule has 2 heterocycles. The fraction of sp³-hybridized carbons (Fsp3) is 0.409. The molecule has 1 fully saturated rings. The molecule has 2 aromatic rings. The first kappa shape index (κ1) is 22.3. The molecule has 7 nitrogen and oxygen atoms in total. The van der Waals surface area contributed by atoms with Crippen molar-refractivity contribution in [2.75, 3.05) is 26.2 Å². The molecular formula is C22H29N3O4S. The highest BCUT2D eigenvalue weighted by Crippen LogP contribution is 2.26. The Kier molecular flexibility index (Phi) is 7.47. The Labute approximate surface area is 178 Å². The third kappa shape index (κ3) is 5.81. The zero-order chi connectivity index (χ0) is 21.6. The molecule has 0 spiro atoms. The minimum Gasteiger partial charge on any atom is -0.465 e. The van der Waals surface area contributed by atoms with Crippen LogP contribution in [-0.2, 0) is 14.8 Å². The van der Waals surface area contributed by atoms with Crippen LogP contribution in [0.4, 0.5) is 0 Å². The number of amides is 1. The van der Waals surface area contributed by atoms with Crippen LogP contribution in [0.15, 0.2) is 51.8 Å². The summed E-state index contributed by atoms with van der Waals surface area (Å²) in [6.07, 6.45) is 5.44. The second kappa shape index (κ2) is 10.1. The maximum Gasteiger partial charge on any atom is 0.244 e. The van der Waals surface area contributed by atoms with Crippen molar-refractivity contribution in [2.24, 2.45) is 0 Å². The van der Waals surface area contributed by atoms with Crippen LogP contribution < -0.4 is 10.0 Å². The number of nitrogens with zero attached hydrogens (tertiary/aromatic N) is 1. The van der Waals surface area contributed by atoms with Crippen molar-refractivity contribution < 1.29 is 17.6 Å². The molecule has 1 amide bonds. The van der Waals surface area contributed by atoms with E-state index in [2.05, 4.69) is 14.9 Å². The molecule has 2 N–H and O–H groups in total. The highest BCUT2D eigenvalue weighted by molar-refractivity contribution is 7.89. The van der Waals surface area contributed by atoms with Crippen LogP contribution in [0, 0.1) is 6.92 Å². The minimum atomic E-state index is -3.48. The van der Waals surface area contributed by atoms with E-state index in [1.54, 1.807) is 25.1 Å². The zero-order valence-electron chi connectivity index (χ0n) is 17.4. The average molecular weight is 432 g/mol. The molecule has 1 saturated heterocycles. The topological polar surface area (TPSA) is 91.6 Å². The summed E-state index contributed by atoms with van der Waals surface area (Å²) in [4.78, 5) is 14.9. The maximum atomic E-state index is 12.3. The summed E-state index contributed by atoms with van der Waals surface area (Å²) < 4.78 is 32.2. The van der Waals surface area contributed by atoms with Crippen molar-refractivity contribution in [3.05, 3.63) is 59.6 Å². The molecule has 0 saturated carbocycles. The third-order valence-corrected chi connectivity index (χ3v) is 6.65. The second-order valence-electron chi connectivity index (χ2n) is 7.36. The number of sulfonamides is 1. The van der Waals surface area contributed by atoms with Crippen LogP contribution in [0.5, 0.6) is 0 Å². The van der Waals surface area contributed by atoms with Gasteiger partial charge in [0.2, 0.25) is 15.9 Å². The van der Waals surface area contributed by atoms with E-state index in [1.807, 2.05) is 19.1 Å². The lowest BCUT2D eigenvalue weighted by molar-refractivity contribution is -0.116. The first-order valence-electron chi connectivity index (χ1n) is 10.2. The fourth-order valence-corrected chi connectivity index (χ4v) is 4.60. The molecule has 1 unspecified atom stereocenters. The van der Waals surface area contributed by atoms with Gasteiger partial charge in [0.05, 0.1) is 10.9 Å². The first-order valence-corrected chi connectivity index (χ1v) is 11.7. The van der Waals surface area contributed by atoms with Crippen LogP contribution in [-0.4, -0.2) is 45.4 Å². The lowest BCUT2D eigenvalue weighted by Gasteiger charge is -2.25. The maximum absolute atomic E-state index is 12.3. The Morgan fingerprint density at radius 2 is 1.87 bits per heavy atom. The number of carbonyl (C=O) groups is 1. The number of nitrogens with one attached hydrogen (secondary N) is 2. The molecule has 162 valence electrons. The second-order valence-corrected chi connectivity index (χ2v) is 9.12. The number of benzene rings is 1. The van der Waals surface area contributed by atoms with Gasteiger partial charge in [0.1, 0.15) is 11.5 Å². The van der Waals surface area contributed by atoms with Crippen LogP contribution in [0.3, 0.4) is 0 Å². The van der Waals surface area contributed by atoms with Crippen LogP contribution in [0.25, 0.3) is 6.08 Å². The monoisotopic (exact) mass is 431 g/mol. The molecule has 8 heteroatoms. The molecular weight excluding hydrogens is 402 g/mol. The van der Waals surface area contributed by atoms with Gasteiger partial charge in [-0.05, 0) is 68.8 Å². The Balaban J connectivity index is 1.59. The van der Waals surface area contributed by atoms with Gasteiger partial charge in [-0.1, -0.05) is 19.1 Å². The highest BCUT2D eigenvalue weighted by Gasteiger charge is 2.26. The van der Waals surface area contributed by atoms with Gasteiger partial charge in [-0.25, -0.2) is 13.1 Å². The molecule has 1 aliphatic heterocycles. The summed E-state index contributed by atoms with van der Waals surface area (Å²) in [6, 6.07) is 10.3. The zero-order valence-corrected chi connectivity index (χ0v) is 18.2. The van der Waals surface area contributed by atoms with Crippen molar-refractivity contribution in [1.82, 2.24) is 14.9 Å². The third-order valence-electron chi connectivity index (χ3n) is 5.09. The molecule has 30 heavy (non-hydrogen) atoms. The first-order chi connectivity index (χ1) is 14.4. The van der Waals surface area contributed by atoms with Crippen molar-refractivity contribution in [3.8, 4) is 0 Å². The number of rotatable bonds is 9. The number of likely N-dealkylation sites (tertiary alicyclic amines) is 1. The Hall–Kier alpha value is -2.42. The van der Waals surface area contributed by atoms with E-state index in [0.717, 1.165) is 43.0 Å². The predicted molar refractivity (Wildman–Crippen MR) is 116 cm³/mol. The van der Waals surface area contributed by atoms with Gasteiger partial charge in [-0.3, -0.25) is 9.69 Å². The van der Waals surface area contributed by atoms with E-state index in [9.17, 15) is 13.2 Å². The molecule has 1 aromatic heterocycles. The molecule has 3 rings (SSSR count). The number of hydrogen-bond acceptors (Lipinski definition) is 5. The molecule has 1 aromatic carbocycles. The molecule has 0 bridgehead atoms. The van der Waals surface area contributed by atoms with E-state index >= 15 is 0 Å². The summed E-state index contributed by atoms with van der Waals surface area (Å²) in [5.74, 6) is 1.53. The van der Waals surface area contributed by atoms with Crippen molar-refractivity contribution in [1.29, 1.82) is 0 Å². The predicted octanol–water partition coefficient (Wildman–Crippen LogP) is 2.85. The fourth-order valence-electron chi connectivity index (χ4n) is 3.55. The van der Waals surface area contributed by atoms with E-state index in [1.165, 1.54) is 18.2 Å². The van der Waals surface area contributed by atoms with Crippen molar-refractivity contribution >= 4 is 22.0 Å². The highest BCUT2D eigenvalue weighted by atomic mass is 32.2. The van der Waals surface area contributed by atoms with Gasteiger partial charge in [-0.2, -0.15) is 0 Å². The quantitative estimate of drug-likeness (QED) is 0.596. The molecule has 1 aliphatic rings. The SMILES string of the molecule is CCNS(=O)(=O)c1ccc(C=CC(=O)NCC(c2ccc(C)o2)N2CCCC2)cc1. The van der Waals surface area contributed by atoms with E-state index in [4.69, 9.17) is 4.42 Å². The van der Waals surface area contributed by atoms with Crippen molar-refractivity contribution in [3.63, 3.8) is 0 Å². The Morgan fingerprint density at radius 1 is 1.17 bits per heavy atom. The summed E-state index contributed by atoms with van der Waals surface area (Å²) in [7, 11) is -3.48. The molecule has 0 aliphatic carbocycles. The van der Waals surface area contributed by atoms with E-state index in [-0.39, 0.29) is 16.8 Å². The van der Waals surface area contributed by atoms with Gasteiger partial charge in [0.25, 0.3) is 0 Å². The Morgan fingerprint density at radius 3 is 2.47 bits per heavy atom. The number of hydrogen-bond donors (Lipinski definition) is 2. The summed E-state index contributed by atoms with van der Waals surface area (Å²) >= 11 is 0. The van der Waals surface area contributed by atoms with Gasteiger partial charge >= 0.3 is 0 Å². The van der Waals surface area contributed by atoms with Crippen LogP contribution in [0.2, 0.25) is 0 Å². The number of furan rings is 1. The van der Waals surface area contributed by atoms with Gasteiger partial charge < -0.3 is 9.73 Å². The summed E-state index contributed by atoms with van der Waals surface area (Å²) in [5, 5.41) is 2.96.